The first-order valence-corrected chi connectivity index (χ1v) is 7.63. The minimum Gasteiger partial charge on any atom is -0.469 e. The third kappa shape index (κ3) is 4.56. The van der Waals surface area contributed by atoms with E-state index in [1.54, 1.807) is 0 Å². The fourth-order valence-corrected chi connectivity index (χ4v) is 2.84. The van der Waals surface area contributed by atoms with Gasteiger partial charge in [-0.2, -0.15) is 0 Å². The first kappa shape index (κ1) is 16.5. The number of nitrogens with one attached hydrogen (secondary N) is 1. The number of aliphatic hydroxyl groups is 1. The van der Waals surface area contributed by atoms with Crippen molar-refractivity contribution in [2.45, 2.75) is 37.7 Å². The zero-order chi connectivity index (χ0) is 16.0. The molecule has 0 radical (unpaired) electrons. The van der Waals surface area contributed by atoms with Gasteiger partial charge in [-0.3, -0.25) is 9.59 Å². The molecule has 2 rings (SSSR count). The average Bonchev–Trinajstić information content (AvgIpc) is 2.54. The minimum absolute atomic E-state index is 0.102. The van der Waals surface area contributed by atoms with Crippen LogP contribution in [0.2, 0.25) is 0 Å². The molecule has 0 bridgehead atoms. The van der Waals surface area contributed by atoms with Crippen LogP contribution in [0.4, 0.5) is 0 Å². The normalized spacial score (nSPS) is 24.5. The smallest absolute Gasteiger partial charge is 0.308 e. The van der Waals surface area contributed by atoms with Crippen LogP contribution in [0.5, 0.6) is 0 Å². The standard InChI is InChI=1S/C17H23NO4/c1-22-16(20)14-7-9-17(21,10-8-14)12-18-15(19)11-13-5-3-2-4-6-13/h2-6,14,21H,7-12H2,1H3,(H,18,19). The van der Waals surface area contributed by atoms with E-state index >= 15 is 0 Å². The van der Waals surface area contributed by atoms with Crippen LogP contribution in [0, 0.1) is 5.92 Å². The highest BCUT2D eigenvalue weighted by Gasteiger charge is 2.36. The van der Waals surface area contributed by atoms with Crippen molar-refractivity contribution >= 4 is 11.9 Å². The molecule has 1 aliphatic rings. The van der Waals surface area contributed by atoms with E-state index in [0.29, 0.717) is 32.1 Å². The molecular formula is C17H23NO4. The Morgan fingerprint density at radius 3 is 2.50 bits per heavy atom. The number of ether oxygens (including phenoxy) is 1. The summed E-state index contributed by atoms with van der Waals surface area (Å²) in [7, 11) is 1.38. The van der Waals surface area contributed by atoms with Gasteiger partial charge >= 0.3 is 5.97 Å². The molecule has 1 aromatic rings. The molecule has 0 aromatic heterocycles. The van der Waals surface area contributed by atoms with Gasteiger partial charge in [0.25, 0.3) is 0 Å². The largest absolute Gasteiger partial charge is 0.469 e. The summed E-state index contributed by atoms with van der Waals surface area (Å²) in [5.74, 6) is -0.449. The van der Waals surface area contributed by atoms with Gasteiger partial charge in [0.15, 0.2) is 0 Å². The molecule has 0 aliphatic heterocycles. The Hall–Kier alpha value is -1.88. The fraction of sp³-hybridized carbons (Fsp3) is 0.529. The van der Waals surface area contributed by atoms with Gasteiger partial charge in [-0.05, 0) is 31.2 Å². The van der Waals surface area contributed by atoms with Crippen LogP contribution in [0.15, 0.2) is 30.3 Å². The molecule has 5 heteroatoms. The number of methoxy groups -OCH3 is 1. The predicted octanol–water partition coefficient (Wildman–Crippen LogP) is 1.44. The number of carbonyl (C=O) groups is 2. The van der Waals surface area contributed by atoms with Crippen LogP contribution in [-0.2, 0) is 20.7 Å². The van der Waals surface area contributed by atoms with E-state index in [1.165, 1.54) is 7.11 Å². The maximum atomic E-state index is 11.9. The van der Waals surface area contributed by atoms with Crippen molar-refractivity contribution in [3.05, 3.63) is 35.9 Å². The van der Waals surface area contributed by atoms with Crippen molar-refractivity contribution in [2.75, 3.05) is 13.7 Å². The number of esters is 1. The second-order valence-electron chi connectivity index (χ2n) is 5.96. The van der Waals surface area contributed by atoms with E-state index < -0.39 is 5.60 Å². The molecule has 0 spiro atoms. The first-order valence-electron chi connectivity index (χ1n) is 7.63. The molecule has 0 saturated heterocycles. The molecule has 120 valence electrons. The second-order valence-corrected chi connectivity index (χ2v) is 5.96. The number of rotatable bonds is 5. The number of benzene rings is 1. The van der Waals surface area contributed by atoms with Crippen LogP contribution < -0.4 is 5.32 Å². The summed E-state index contributed by atoms with van der Waals surface area (Å²) >= 11 is 0. The Kier molecular flexibility index (Phi) is 5.55. The molecule has 1 aromatic carbocycles. The highest BCUT2D eigenvalue weighted by molar-refractivity contribution is 5.78. The van der Waals surface area contributed by atoms with E-state index in [-0.39, 0.29) is 24.3 Å². The van der Waals surface area contributed by atoms with Gasteiger partial charge in [0.05, 0.1) is 25.0 Å². The Labute approximate surface area is 130 Å². The van der Waals surface area contributed by atoms with Gasteiger partial charge in [-0.25, -0.2) is 0 Å². The maximum absolute atomic E-state index is 11.9. The quantitative estimate of drug-likeness (QED) is 0.807. The number of hydrogen-bond acceptors (Lipinski definition) is 4. The topological polar surface area (TPSA) is 75.6 Å². The van der Waals surface area contributed by atoms with Gasteiger partial charge in [0, 0.05) is 6.54 Å². The summed E-state index contributed by atoms with van der Waals surface area (Å²) in [4.78, 5) is 23.4. The van der Waals surface area contributed by atoms with Crippen molar-refractivity contribution in [1.82, 2.24) is 5.32 Å². The molecule has 0 atom stereocenters. The van der Waals surface area contributed by atoms with Gasteiger partial charge in [-0.1, -0.05) is 30.3 Å². The first-order chi connectivity index (χ1) is 10.5. The average molecular weight is 305 g/mol. The van der Waals surface area contributed by atoms with Crippen LogP contribution in [0.25, 0.3) is 0 Å². The van der Waals surface area contributed by atoms with Gasteiger partial charge in [0.2, 0.25) is 5.91 Å². The maximum Gasteiger partial charge on any atom is 0.308 e. The fourth-order valence-electron chi connectivity index (χ4n) is 2.84. The summed E-state index contributed by atoms with van der Waals surface area (Å²) in [5, 5.41) is 13.3. The van der Waals surface area contributed by atoms with Gasteiger partial charge in [-0.15, -0.1) is 0 Å². The molecule has 1 amide bonds. The molecule has 0 unspecified atom stereocenters. The molecule has 1 saturated carbocycles. The Bertz CT molecular complexity index is 507. The van der Waals surface area contributed by atoms with Crippen LogP contribution in [0.3, 0.4) is 0 Å². The van der Waals surface area contributed by atoms with Gasteiger partial charge < -0.3 is 15.2 Å². The lowest BCUT2D eigenvalue weighted by atomic mass is 9.78. The highest BCUT2D eigenvalue weighted by atomic mass is 16.5. The Morgan fingerprint density at radius 2 is 1.91 bits per heavy atom. The van der Waals surface area contributed by atoms with E-state index in [2.05, 4.69) is 5.32 Å². The molecular weight excluding hydrogens is 282 g/mol. The highest BCUT2D eigenvalue weighted by Crippen LogP contribution is 2.32. The van der Waals surface area contributed by atoms with E-state index in [9.17, 15) is 14.7 Å². The third-order valence-electron chi connectivity index (χ3n) is 4.27. The number of amides is 1. The molecule has 5 nitrogen and oxygen atoms in total. The summed E-state index contributed by atoms with van der Waals surface area (Å²) in [6.07, 6.45) is 2.49. The zero-order valence-corrected chi connectivity index (χ0v) is 12.9. The molecule has 1 aliphatic carbocycles. The van der Waals surface area contributed by atoms with Crippen LogP contribution >= 0.6 is 0 Å². The van der Waals surface area contributed by atoms with Crippen molar-refractivity contribution in [1.29, 1.82) is 0 Å². The molecule has 0 heterocycles. The van der Waals surface area contributed by atoms with Crippen molar-refractivity contribution in [2.24, 2.45) is 5.92 Å². The zero-order valence-electron chi connectivity index (χ0n) is 12.9. The molecule has 2 N–H and O–H groups in total. The van der Waals surface area contributed by atoms with Crippen molar-refractivity contribution in [3.8, 4) is 0 Å². The lowest BCUT2D eigenvalue weighted by molar-refractivity contribution is -0.148. The summed E-state index contributed by atoms with van der Waals surface area (Å²) in [6.45, 7) is 0.229. The van der Waals surface area contributed by atoms with Crippen LogP contribution in [-0.4, -0.2) is 36.2 Å². The van der Waals surface area contributed by atoms with Crippen molar-refractivity contribution < 1.29 is 19.4 Å². The summed E-state index contributed by atoms with van der Waals surface area (Å²) in [6, 6.07) is 9.49. The van der Waals surface area contributed by atoms with Gasteiger partial charge in [0.1, 0.15) is 0 Å². The van der Waals surface area contributed by atoms with E-state index in [1.807, 2.05) is 30.3 Å². The minimum atomic E-state index is -0.920. The van der Waals surface area contributed by atoms with E-state index in [0.717, 1.165) is 5.56 Å². The summed E-state index contributed by atoms with van der Waals surface area (Å²) < 4.78 is 4.73. The lowest BCUT2D eigenvalue weighted by Crippen LogP contribution is -2.46. The Balaban J connectivity index is 1.77. The summed E-state index contributed by atoms with van der Waals surface area (Å²) in [5.41, 5.74) is 0.0260. The van der Waals surface area contributed by atoms with E-state index in [4.69, 9.17) is 4.74 Å². The number of hydrogen-bond donors (Lipinski definition) is 2. The second kappa shape index (κ2) is 7.40. The van der Waals surface area contributed by atoms with Crippen LogP contribution in [0.1, 0.15) is 31.2 Å². The molecule has 22 heavy (non-hydrogen) atoms. The lowest BCUT2D eigenvalue weighted by Gasteiger charge is -2.35. The Morgan fingerprint density at radius 1 is 1.27 bits per heavy atom. The SMILES string of the molecule is COC(=O)C1CCC(O)(CNC(=O)Cc2ccccc2)CC1. The van der Waals surface area contributed by atoms with Crippen molar-refractivity contribution in [3.63, 3.8) is 0 Å². The third-order valence-corrected chi connectivity index (χ3v) is 4.27. The molecule has 1 fully saturated rings. The predicted molar refractivity (Wildman–Crippen MR) is 82.1 cm³/mol. The number of carbonyl (C=O) groups excluding carboxylic acids is 2. The monoisotopic (exact) mass is 305 g/mol.